The summed E-state index contributed by atoms with van der Waals surface area (Å²) in [7, 11) is 0. The van der Waals surface area contributed by atoms with Gasteiger partial charge in [-0.2, -0.15) is 0 Å². The van der Waals surface area contributed by atoms with Crippen LogP contribution >= 0.6 is 0 Å². The third kappa shape index (κ3) is 3.44. The Hall–Kier alpha value is -1.70. The maximum Gasteiger partial charge on any atom is 0.275 e. The summed E-state index contributed by atoms with van der Waals surface area (Å²) < 4.78 is 0. The summed E-state index contributed by atoms with van der Waals surface area (Å²) in [5.41, 5.74) is 1.82. The van der Waals surface area contributed by atoms with Gasteiger partial charge in [-0.3, -0.25) is 9.69 Å². The van der Waals surface area contributed by atoms with Crippen LogP contribution in [0.2, 0.25) is 0 Å². The van der Waals surface area contributed by atoms with Crippen molar-refractivity contribution in [1.82, 2.24) is 19.9 Å². The molecule has 0 unspecified atom stereocenters. The molecule has 110 valence electrons. The van der Waals surface area contributed by atoms with Crippen LogP contribution in [0.1, 0.15) is 18.9 Å². The normalized spacial score (nSPS) is 13.2. The first-order chi connectivity index (χ1) is 9.61. The fraction of sp³-hybridized carbons (Fsp3) is 0.538. The molecule has 2 aromatic rings. The first-order valence-electron chi connectivity index (χ1n) is 6.66. The van der Waals surface area contributed by atoms with Gasteiger partial charge in [0, 0.05) is 38.0 Å². The second-order valence-corrected chi connectivity index (χ2v) is 4.93. The first-order valence-corrected chi connectivity index (χ1v) is 6.66. The van der Waals surface area contributed by atoms with Crippen LogP contribution in [0.5, 0.6) is 0 Å². The number of hydrogen-bond donors (Lipinski definition) is 4. The van der Waals surface area contributed by atoms with E-state index in [0.29, 0.717) is 37.1 Å². The van der Waals surface area contributed by atoms with E-state index in [1.807, 2.05) is 4.90 Å². The Bertz CT molecular complexity index is 605. The van der Waals surface area contributed by atoms with Crippen LogP contribution in [0.25, 0.3) is 11.0 Å². The highest BCUT2D eigenvalue weighted by Gasteiger charge is 2.13. The average molecular weight is 280 g/mol. The molecule has 2 aromatic heterocycles. The summed E-state index contributed by atoms with van der Waals surface area (Å²) in [5.74, 6) is 0. The van der Waals surface area contributed by atoms with E-state index in [1.54, 1.807) is 13.1 Å². The van der Waals surface area contributed by atoms with Crippen LogP contribution in [-0.4, -0.2) is 55.9 Å². The van der Waals surface area contributed by atoms with Gasteiger partial charge in [0.2, 0.25) is 0 Å². The minimum Gasteiger partial charge on any atom is -0.396 e. The molecule has 0 spiro atoms. The summed E-state index contributed by atoms with van der Waals surface area (Å²) in [6.45, 7) is 3.60. The van der Waals surface area contributed by atoms with Crippen LogP contribution in [-0.2, 0) is 6.54 Å². The zero-order chi connectivity index (χ0) is 14.5. The number of hydrogen-bond acceptors (Lipinski definition) is 5. The van der Waals surface area contributed by atoms with Crippen molar-refractivity contribution in [2.24, 2.45) is 0 Å². The lowest BCUT2D eigenvalue weighted by atomic mass is 10.2. The zero-order valence-electron chi connectivity index (χ0n) is 11.5. The highest BCUT2D eigenvalue weighted by molar-refractivity contribution is 5.77. The Balaban J connectivity index is 2.19. The van der Waals surface area contributed by atoms with Crippen molar-refractivity contribution in [3.05, 3.63) is 28.4 Å². The molecule has 0 bridgehead atoms. The molecule has 0 aliphatic rings. The molecule has 7 heteroatoms. The fourth-order valence-corrected chi connectivity index (χ4v) is 2.27. The third-order valence-corrected chi connectivity index (χ3v) is 3.10. The molecule has 20 heavy (non-hydrogen) atoms. The predicted octanol–water partition coefficient (Wildman–Crippen LogP) is -0.184. The molecule has 0 radical (unpaired) electrons. The zero-order valence-corrected chi connectivity index (χ0v) is 11.5. The highest BCUT2D eigenvalue weighted by Crippen LogP contribution is 2.14. The molecule has 0 fully saturated rings. The number of nitrogens with zero attached hydrogens (tertiary/aromatic N) is 2. The van der Waals surface area contributed by atoms with Crippen LogP contribution in [0.15, 0.2) is 17.3 Å². The summed E-state index contributed by atoms with van der Waals surface area (Å²) in [4.78, 5) is 23.3. The van der Waals surface area contributed by atoms with E-state index in [1.165, 1.54) is 6.33 Å². The van der Waals surface area contributed by atoms with Crippen molar-refractivity contribution in [2.45, 2.75) is 26.0 Å². The Morgan fingerprint density at radius 2 is 2.25 bits per heavy atom. The van der Waals surface area contributed by atoms with E-state index < -0.39 is 6.10 Å². The highest BCUT2D eigenvalue weighted by atomic mass is 16.3. The van der Waals surface area contributed by atoms with Crippen LogP contribution < -0.4 is 5.56 Å². The molecular formula is C13H20N4O3. The van der Waals surface area contributed by atoms with Crippen LogP contribution in [0.3, 0.4) is 0 Å². The molecule has 0 aliphatic carbocycles. The maximum atomic E-state index is 11.6. The van der Waals surface area contributed by atoms with Gasteiger partial charge in [0.25, 0.3) is 5.56 Å². The van der Waals surface area contributed by atoms with E-state index in [-0.39, 0.29) is 12.2 Å². The van der Waals surface area contributed by atoms with Gasteiger partial charge in [-0.1, -0.05) is 0 Å². The fourth-order valence-electron chi connectivity index (χ4n) is 2.27. The second kappa shape index (κ2) is 6.65. The number of H-pyrrole nitrogens is 2. The molecule has 0 saturated heterocycles. The number of nitrogens with one attached hydrogen (secondary N) is 2. The second-order valence-electron chi connectivity index (χ2n) is 4.93. The lowest BCUT2D eigenvalue weighted by Crippen LogP contribution is -2.32. The van der Waals surface area contributed by atoms with E-state index in [4.69, 9.17) is 5.11 Å². The van der Waals surface area contributed by atoms with Crippen molar-refractivity contribution in [3.63, 3.8) is 0 Å². The SMILES string of the molecule is C[C@@H](O)CN(CCCO)Cc1c[nH]c2c(=O)[nH]cnc12. The smallest absolute Gasteiger partial charge is 0.275 e. The largest absolute Gasteiger partial charge is 0.396 e. The van der Waals surface area contributed by atoms with Gasteiger partial charge in [0.15, 0.2) is 0 Å². The number of aromatic nitrogens is 3. The average Bonchev–Trinajstić information content (AvgIpc) is 2.80. The minimum atomic E-state index is -0.449. The van der Waals surface area contributed by atoms with Crippen molar-refractivity contribution in [1.29, 1.82) is 0 Å². The number of fused-ring (bicyclic) bond motifs is 1. The molecule has 0 aliphatic heterocycles. The molecule has 2 heterocycles. The van der Waals surface area contributed by atoms with E-state index >= 15 is 0 Å². The Morgan fingerprint density at radius 1 is 1.45 bits per heavy atom. The van der Waals surface area contributed by atoms with Gasteiger partial charge in [-0.05, 0) is 13.3 Å². The third-order valence-electron chi connectivity index (χ3n) is 3.10. The van der Waals surface area contributed by atoms with Gasteiger partial charge in [-0.25, -0.2) is 4.98 Å². The Kier molecular flexibility index (Phi) is 4.89. The van der Waals surface area contributed by atoms with Crippen molar-refractivity contribution in [2.75, 3.05) is 19.7 Å². The van der Waals surface area contributed by atoms with Gasteiger partial charge >= 0.3 is 0 Å². The monoisotopic (exact) mass is 280 g/mol. The molecule has 7 nitrogen and oxygen atoms in total. The first kappa shape index (κ1) is 14.7. The molecule has 2 rings (SSSR count). The van der Waals surface area contributed by atoms with Gasteiger partial charge in [0.1, 0.15) is 5.52 Å². The standard InChI is InChI=1S/C13H20N4O3/c1-9(19)6-17(3-2-4-18)7-10-5-14-12-11(10)15-8-16-13(12)20/h5,8-9,14,18-19H,2-4,6-7H2,1H3,(H,15,16,20)/t9-/m1/s1. The molecule has 1 atom stereocenters. The van der Waals surface area contributed by atoms with E-state index in [9.17, 15) is 9.90 Å². The lowest BCUT2D eigenvalue weighted by Gasteiger charge is -2.22. The summed E-state index contributed by atoms with van der Waals surface area (Å²) >= 11 is 0. The van der Waals surface area contributed by atoms with Gasteiger partial charge in [-0.15, -0.1) is 0 Å². The van der Waals surface area contributed by atoms with E-state index in [2.05, 4.69) is 15.0 Å². The number of aliphatic hydroxyl groups excluding tert-OH is 2. The number of rotatable bonds is 7. The van der Waals surface area contributed by atoms with Crippen molar-refractivity contribution in [3.8, 4) is 0 Å². The molecule has 0 saturated carbocycles. The van der Waals surface area contributed by atoms with Crippen molar-refractivity contribution >= 4 is 11.0 Å². The Morgan fingerprint density at radius 3 is 2.95 bits per heavy atom. The molecule has 0 amide bonds. The lowest BCUT2D eigenvalue weighted by molar-refractivity contribution is 0.116. The summed E-state index contributed by atoms with van der Waals surface area (Å²) in [6.07, 6.45) is 3.34. The van der Waals surface area contributed by atoms with Crippen molar-refractivity contribution < 1.29 is 10.2 Å². The van der Waals surface area contributed by atoms with Crippen LogP contribution in [0.4, 0.5) is 0 Å². The topological polar surface area (TPSA) is 105 Å². The van der Waals surface area contributed by atoms with Crippen LogP contribution in [0, 0.1) is 0 Å². The van der Waals surface area contributed by atoms with E-state index in [0.717, 1.165) is 5.56 Å². The molecule has 0 aromatic carbocycles. The Labute approximate surface area is 116 Å². The molecular weight excluding hydrogens is 260 g/mol. The molecule has 4 N–H and O–H groups in total. The van der Waals surface area contributed by atoms with Gasteiger partial charge < -0.3 is 20.2 Å². The minimum absolute atomic E-state index is 0.113. The predicted molar refractivity (Wildman–Crippen MR) is 75.4 cm³/mol. The maximum absolute atomic E-state index is 11.6. The van der Waals surface area contributed by atoms with Gasteiger partial charge in [0.05, 0.1) is 17.9 Å². The number of aliphatic hydroxyl groups is 2. The summed E-state index contributed by atoms with van der Waals surface area (Å²) in [5, 5.41) is 18.5. The number of aromatic amines is 2. The quantitative estimate of drug-likeness (QED) is 0.563. The summed E-state index contributed by atoms with van der Waals surface area (Å²) in [6, 6.07) is 0.